The zero-order valence-corrected chi connectivity index (χ0v) is 15.1. The molecule has 112 valence electrons. The van der Waals surface area contributed by atoms with Gasteiger partial charge in [0.2, 0.25) is 0 Å². The lowest BCUT2D eigenvalue weighted by atomic mass is 9.98. The van der Waals surface area contributed by atoms with Crippen LogP contribution in [0, 0.1) is 3.57 Å². The largest absolute Gasteiger partial charge is 0.497 e. The van der Waals surface area contributed by atoms with Gasteiger partial charge in [-0.2, -0.15) is 0 Å². The van der Waals surface area contributed by atoms with Crippen LogP contribution in [0.4, 0.5) is 0 Å². The Morgan fingerprint density at radius 3 is 2.62 bits per heavy atom. The molecule has 0 amide bonds. The fourth-order valence-electron chi connectivity index (χ4n) is 2.23. The van der Waals surface area contributed by atoms with E-state index in [4.69, 9.17) is 16.3 Å². The maximum Gasteiger partial charge on any atom is 0.119 e. The second kappa shape index (κ2) is 8.01. The second-order valence-corrected chi connectivity index (χ2v) is 6.41. The van der Waals surface area contributed by atoms with E-state index in [0.29, 0.717) is 0 Å². The molecule has 0 aliphatic carbocycles. The maximum absolute atomic E-state index is 6.28. The van der Waals surface area contributed by atoms with Crippen molar-refractivity contribution in [2.75, 3.05) is 13.7 Å². The molecule has 0 heterocycles. The Labute approximate surface area is 145 Å². The Hall–Kier alpha value is -0.780. The quantitative estimate of drug-likeness (QED) is 0.667. The van der Waals surface area contributed by atoms with Crippen molar-refractivity contribution in [3.63, 3.8) is 0 Å². The third-order valence-corrected chi connectivity index (χ3v) is 4.87. The van der Waals surface area contributed by atoms with Gasteiger partial charge in [0.15, 0.2) is 0 Å². The first-order chi connectivity index (χ1) is 10.2. The molecule has 2 aromatic carbocycles. The molecule has 4 heteroatoms. The van der Waals surface area contributed by atoms with Crippen molar-refractivity contribution in [2.24, 2.45) is 0 Å². The highest BCUT2D eigenvalue weighted by molar-refractivity contribution is 14.1. The second-order valence-electron chi connectivity index (χ2n) is 4.84. The van der Waals surface area contributed by atoms with E-state index in [0.717, 1.165) is 27.3 Å². The fourth-order valence-corrected chi connectivity index (χ4v) is 2.75. The zero-order chi connectivity index (χ0) is 15.2. The molecule has 0 aromatic heterocycles. The van der Waals surface area contributed by atoms with Crippen LogP contribution in [0.3, 0.4) is 0 Å². The zero-order valence-electron chi connectivity index (χ0n) is 12.2. The summed E-state index contributed by atoms with van der Waals surface area (Å²) in [6.07, 6.45) is 1.08. The number of benzene rings is 2. The summed E-state index contributed by atoms with van der Waals surface area (Å²) >= 11 is 8.52. The Morgan fingerprint density at radius 1 is 1.19 bits per heavy atom. The minimum absolute atomic E-state index is 0.120. The van der Waals surface area contributed by atoms with Crippen molar-refractivity contribution in [1.82, 2.24) is 5.32 Å². The van der Waals surface area contributed by atoms with Gasteiger partial charge in [0.25, 0.3) is 0 Å². The molecule has 1 N–H and O–H groups in total. The number of rotatable bonds is 6. The van der Waals surface area contributed by atoms with Gasteiger partial charge in [0.05, 0.1) is 18.2 Å². The fraction of sp³-hybridized carbons (Fsp3) is 0.294. The summed E-state index contributed by atoms with van der Waals surface area (Å²) in [5, 5.41) is 4.37. The molecule has 0 fully saturated rings. The number of halogens is 2. The van der Waals surface area contributed by atoms with Crippen molar-refractivity contribution in [2.45, 2.75) is 19.4 Å². The molecule has 0 aliphatic rings. The van der Waals surface area contributed by atoms with Crippen LogP contribution in [0.25, 0.3) is 0 Å². The third-order valence-electron chi connectivity index (χ3n) is 3.30. The first-order valence-electron chi connectivity index (χ1n) is 6.98. The van der Waals surface area contributed by atoms with Gasteiger partial charge in [0.1, 0.15) is 5.75 Å². The lowest BCUT2D eigenvalue weighted by Gasteiger charge is -2.20. The molecule has 1 atom stereocenters. The monoisotopic (exact) mass is 415 g/mol. The minimum atomic E-state index is 0.120. The first kappa shape index (κ1) is 16.6. The summed E-state index contributed by atoms with van der Waals surface area (Å²) in [6.45, 7) is 3.11. The predicted octanol–water partition coefficient (Wildman–Crippen LogP) is 5.04. The van der Waals surface area contributed by atoms with Crippen LogP contribution in [0.5, 0.6) is 5.75 Å². The third kappa shape index (κ3) is 4.34. The van der Waals surface area contributed by atoms with Gasteiger partial charge in [0, 0.05) is 3.57 Å². The smallest absolute Gasteiger partial charge is 0.119 e. The van der Waals surface area contributed by atoms with Crippen molar-refractivity contribution in [1.29, 1.82) is 0 Å². The van der Waals surface area contributed by atoms with Crippen LogP contribution < -0.4 is 10.1 Å². The Bertz CT molecular complexity index is 603. The van der Waals surface area contributed by atoms with Gasteiger partial charge in [-0.05, 0) is 70.9 Å². The highest BCUT2D eigenvalue weighted by Gasteiger charge is 2.15. The Balaban J connectivity index is 2.38. The average Bonchev–Trinajstić information content (AvgIpc) is 2.51. The van der Waals surface area contributed by atoms with Crippen LogP contribution in [-0.2, 0) is 0 Å². The Morgan fingerprint density at radius 2 is 1.95 bits per heavy atom. The van der Waals surface area contributed by atoms with Crippen LogP contribution >= 0.6 is 34.2 Å². The van der Waals surface area contributed by atoms with Gasteiger partial charge in [-0.25, -0.2) is 0 Å². The van der Waals surface area contributed by atoms with Gasteiger partial charge in [-0.15, -0.1) is 0 Å². The molecule has 2 rings (SSSR count). The summed E-state index contributed by atoms with van der Waals surface area (Å²) in [6, 6.07) is 14.5. The van der Waals surface area contributed by atoms with E-state index in [1.807, 2.05) is 18.2 Å². The van der Waals surface area contributed by atoms with Crippen molar-refractivity contribution in [3.05, 3.63) is 62.2 Å². The van der Waals surface area contributed by atoms with Gasteiger partial charge < -0.3 is 10.1 Å². The summed E-state index contributed by atoms with van der Waals surface area (Å²) in [5.41, 5.74) is 2.35. The SMILES string of the molecule is CCCNC(c1cccc(OC)c1)c1ccc(I)c(Cl)c1. The molecule has 2 nitrogen and oxygen atoms in total. The van der Waals surface area contributed by atoms with Gasteiger partial charge in [-0.3, -0.25) is 0 Å². The number of nitrogens with one attached hydrogen (secondary N) is 1. The Kier molecular flexibility index (Phi) is 6.33. The van der Waals surface area contributed by atoms with Crippen LogP contribution in [-0.4, -0.2) is 13.7 Å². The topological polar surface area (TPSA) is 21.3 Å². The molecule has 0 aliphatic heterocycles. The summed E-state index contributed by atoms with van der Waals surface area (Å²) in [7, 11) is 1.69. The molecule has 0 bridgehead atoms. The van der Waals surface area contributed by atoms with E-state index >= 15 is 0 Å². The molecule has 0 saturated heterocycles. The van der Waals surface area contributed by atoms with Gasteiger partial charge >= 0.3 is 0 Å². The van der Waals surface area contributed by atoms with E-state index in [1.165, 1.54) is 11.1 Å². The minimum Gasteiger partial charge on any atom is -0.497 e. The van der Waals surface area contributed by atoms with Crippen LogP contribution in [0.2, 0.25) is 5.02 Å². The predicted molar refractivity (Wildman–Crippen MR) is 97.3 cm³/mol. The van der Waals surface area contributed by atoms with Crippen LogP contribution in [0.15, 0.2) is 42.5 Å². The molecule has 1 unspecified atom stereocenters. The van der Waals surface area contributed by atoms with E-state index < -0.39 is 0 Å². The summed E-state index contributed by atoms with van der Waals surface area (Å²) in [5.74, 6) is 0.868. The van der Waals surface area contributed by atoms with E-state index in [2.05, 4.69) is 59.1 Å². The van der Waals surface area contributed by atoms with Crippen molar-refractivity contribution < 1.29 is 4.74 Å². The number of methoxy groups -OCH3 is 1. The summed E-state index contributed by atoms with van der Waals surface area (Å²) < 4.78 is 6.40. The standard InChI is InChI=1S/C17H19ClINO/c1-3-9-20-17(12-5-4-6-14(10-12)21-2)13-7-8-16(19)15(18)11-13/h4-8,10-11,17,20H,3,9H2,1-2H3. The lowest BCUT2D eigenvalue weighted by molar-refractivity contribution is 0.413. The number of hydrogen-bond donors (Lipinski definition) is 1. The molecular formula is C17H19ClINO. The van der Waals surface area contributed by atoms with Gasteiger partial charge in [-0.1, -0.05) is 36.7 Å². The van der Waals surface area contributed by atoms with Crippen LogP contribution in [0.1, 0.15) is 30.5 Å². The van der Waals surface area contributed by atoms with Crippen molar-refractivity contribution >= 4 is 34.2 Å². The number of hydrogen-bond acceptors (Lipinski definition) is 2. The maximum atomic E-state index is 6.28. The number of ether oxygens (including phenoxy) is 1. The van der Waals surface area contributed by atoms with E-state index in [-0.39, 0.29) is 6.04 Å². The molecule has 0 saturated carbocycles. The van der Waals surface area contributed by atoms with E-state index in [1.54, 1.807) is 7.11 Å². The molecular weight excluding hydrogens is 397 g/mol. The highest BCUT2D eigenvalue weighted by Crippen LogP contribution is 2.29. The summed E-state index contributed by atoms with van der Waals surface area (Å²) in [4.78, 5) is 0. The molecule has 2 aromatic rings. The van der Waals surface area contributed by atoms with E-state index in [9.17, 15) is 0 Å². The molecule has 0 radical (unpaired) electrons. The van der Waals surface area contributed by atoms with Crippen molar-refractivity contribution in [3.8, 4) is 5.75 Å². The molecule has 0 spiro atoms. The highest BCUT2D eigenvalue weighted by atomic mass is 127. The first-order valence-corrected chi connectivity index (χ1v) is 8.43. The lowest BCUT2D eigenvalue weighted by Crippen LogP contribution is -2.23. The normalized spacial score (nSPS) is 12.2. The molecule has 21 heavy (non-hydrogen) atoms. The average molecular weight is 416 g/mol.